The first-order chi connectivity index (χ1) is 11.0. The Morgan fingerprint density at radius 2 is 1.87 bits per heavy atom. The van der Waals surface area contributed by atoms with Crippen molar-refractivity contribution >= 4 is 35.1 Å². The average Bonchev–Trinajstić information content (AvgIpc) is 2.86. The molecule has 0 aliphatic heterocycles. The summed E-state index contributed by atoms with van der Waals surface area (Å²) in [5, 5.41) is 2.16. The predicted octanol–water partition coefficient (Wildman–Crippen LogP) is 4.07. The molecule has 0 unspecified atom stereocenters. The van der Waals surface area contributed by atoms with Gasteiger partial charge in [-0.2, -0.15) is 13.2 Å². The number of fused-ring (bicyclic) bond motifs is 1. The third-order valence-electron chi connectivity index (χ3n) is 2.54. The highest BCUT2D eigenvalue weighted by Crippen LogP contribution is 2.33. The Labute approximate surface area is 136 Å². The lowest BCUT2D eigenvalue weighted by molar-refractivity contribution is -0.0370. The lowest BCUT2D eigenvalue weighted by Gasteiger charge is -2.05. The molecule has 2 heterocycles. The number of hydrogen-bond donors (Lipinski definition) is 1. The summed E-state index contributed by atoms with van der Waals surface area (Å²) in [6, 6.07) is 1.69. The molecule has 0 aromatic carbocycles. The maximum Gasteiger partial charge on any atom is 0.479 e. The summed E-state index contributed by atoms with van der Waals surface area (Å²) in [6.07, 6.45) is 8.00. The Hall–Kier alpha value is -2.15. The third-order valence-corrected chi connectivity index (χ3v) is 2.97. The van der Waals surface area contributed by atoms with Crippen molar-refractivity contribution in [1.29, 1.82) is 0 Å². The number of halogens is 3. The Balaban J connectivity index is 0.00000127. The van der Waals surface area contributed by atoms with Crippen LogP contribution in [0, 0.1) is 0 Å². The first-order valence-electron chi connectivity index (χ1n) is 6.81. The van der Waals surface area contributed by atoms with Crippen LogP contribution in [0.2, 0.25) is 0 Å². The summed E-state index contributed by atoms with van der Waals surface area (Å²) in [5.74, 6) is -0.128. The van der Waals surface area contributed by atoms with Crippen molar-refractivity contribution in [3.05, 3.63) is 48.1 Å². The van der Waals surface area contributed by atoms with E-state index < -0.39 is 17.6 Å². The lowest BCUT2D eigenvalue weighted by Crippen LogP contribution is -2.21. The number of nitrogens with zero attached hydrogens (tertiary/aromatic N) is 1. The van der Waals surface area contributed by atoms with Crippen LogP contribution in [0.3, 0.4) is 0 Å². The molecule has 0 aliphatic rings. The maximum atomic E-state index is 12.2. The molecule has 2 rings (SSSR count). The van der Waals surface area contributed by atoms with Crippen molar-refractivity contribution in [3.8, 4) is 5.88 Å². The molecule has 0 saturated carbocycles. The highest BCUT2D eigenvalue weighted by molar-refractivity contribution is 7.95. The molecule has 0 amide bonds. The number of nitrogens with one attached hydrogen (secondary N) is 1. The monoisotopic (exact) mass is 342 g/mol. The van der Waals surface area contributed by atoms with Gasteiger partial charge in [-0.25, -0.2) is 4.98 Å². The summed E-state index contributed by atoms with van der Waals surface area (Å²) in [4.78, 5) is 6.81. The normalized spacial score (nSPS) is 12.7. The van der Waals surface area contributed by atoms with E-state index in [1.165, 1.54) is 6.20 Å². The van der Waals surface area contributed by atoms with Crippen LogP contribution < -0.4 is 14.8 Å². The molecule has 0 fully saturated rings. The number of aromatic amines is 1. The van der Waals surface area contributed by atoms with Gasteiger partial charge in [-0.3, -0.25) is 0 Å². The summed E-state index contributed by atoms with van der Waals surface area (Å²) in [7, 11) is 0. The van der Waals surface area contributed by atoms with Crippen LogP contribution in [0.5, 0.6) is 5.88 Å². The van der Waals surface area contributed by atoms with E-state index in [0.29, 0.717) is 16.3 Å². The lowest BCUT2D eigenvalue weighted by atomic mass is 10.2. The molecule has 0 atom stereocenters. The first-order valence-corrected chi connectivity index (χ1v) is 7.55. The fraction of sp³-hybridized carbons (Fsp3) is 0.188. The van der Waals surface area contributed by atoms with E-state index in [1.54, 1.807) is 30.4 Å². The molecule has 0 bridgehead atoms. The first kappa shape index (κ1) is 18.9. The van der Waals surface area contributed by atoms with Crippen molar-refractivity contribution < 1.29 is 17.4 Å². The van der Waals surface area contributed by atoms with Crippen LogP contribution in [-0.2, 0) is 0 Å². The fourth-order valence-corrected chi connectivity index (χ4v) is 2.13. The quantitative estimate of drug-likeness (QED) is 0.851. The van der Waals surface area contributed by atoms with E-state index in [9.17, 15) is 13.2 Å². The van der Waals surface area contributed by atoms with Crippen LogP contribution >= 0.6 is 12.0 Å². The summed E-state index contributed by atoms with van der Waals surface area (Å²) in [6.45, 7) is 11.2. The highest BCUT2D eigenvalue weighted by atomic mass is 32.2. The zero-order valence-corrected chi connectivity index (χ0v) is 13.6. The van der Waals surface area contributed by atoms with Crippen LogP contribution in [-0.4, -0.2) is 15.5 Å². The molecular formula is C16H17F3N2OS. The summed E-state index contributed by atoms with van der Waals surface area (Å²) < 4.78 is 41.4. The SMILES string of the molecule is C=C/C=c1\c(=C/C=C)[nH]c2c(OSC(F)(F)F)nccc12.CC. The molecule has 7 heteroatoms. The second-order valence-corrected chi connectivity index (χ2v) is 4.70. The van der Waals surface area contributed by atoms with Gasteiger partial charge in [-0.15, -0.1) is 0 Å². The Morgan fingerprint density at radius 1 is 1.22 bits per heavy atom. The third kappa shape index (κ3) is 4.92. The zero-order valence-electron chi connectivity index (χ0n) is 12.8. The second kappa shape index (κ2) is 8.47. The van der Waals surface area contributed by atoms with E-state index in [2.05, 4.69) is 27.3 Å². The molecule has 0 saturated heterocycles. The van der Waals surface area contributed by atoms with E-state index in [1.807, 2.05) is 13.8 Å². The number of pyridine rings is 1. The van der Waals surface area contributed by atoms with Gasteiger partial charge in [0.2, 0.25) is 0 Å². The summed E-state index contributed by atoms with van der Waals surface area (Å²) >= 11 is -0.600. The number of hydrogen-bond acceptors (Lipinski definition) is 3. The topological polar surface area (TPSA) is 37.9 Å². The van der Waals surface area contributed by atoms with E-state index >= 15 is 0 Å². The minimum absolute atomic E-state index is 0.128. The molecule has 3 nitrogen and oxygen atoms in total. The Morgan fingerprint density at radius 3 is 2.43 bits per heavy atom. The fourth-order valence-electron chi connectivity index (χ4n) is 1.83. The molecule has 1 N–H and O–H groups in total. The standard InChI is InChI=1S/C14H11F3N2OS.C2H6/c1-3-5-9-10-7-8-18-13(20-21-14(15,16)17)12(10)19-11(9)6-4-2;1-2/h3-8,19H,1-2H2;1-2H3/b9-5-,11-6+;. The van der Waals surface area contributed by atoms with Crippen molar-refractivity contribution in [3.63, 3.8) is 0 Å². The smallest absolute Gasteiger partial charge is 0.394 e. The number of rotatable bonds is 4. The van der Waals surface area contributed by atoms with Crippen molar-refractivity contribution in [2.45, 2.75) is 19.4 Å². The van der Waals surface area contributed by atoms with Gasteiger partial charge in [0.25, 0.3) is 5.88 Å². The number of H-pyrrole nitrogens is 1. The van der Waals surface area contributed by atoms with Crippen molar-refractivity contribution in [2.24, 2.45) is 0 Å². The largest absolute Gasteiger partial charge is 0.479 e. The van der Waals surface area contributed by atoms with Crippen LogP contribution in [0.25, 0.3) is 23.1 Å². The van der Waals surface area contributed by atoms with Crippen LogP contribution in [0.4, 0.5) is 13.2 Å². The van der Waals surface area contributed by atoms with Gasteiger partial charge >= 0.3 is 5.51 Å². The molecule has 0 spiro atoms. The Kier molecular flexibility index (Phi) is 6.96. The Bertz CT molecular complexity index is 794. The van der Waals surface area contributed by atoms with Gasteiger partial charge in [0.05, 0.1) is 0 Å². The molecule has 0 radical (unpaired) electrons. The minimum Gasteiger partial charge on any atom is -0.394 e. The molecular weight excluding hydrogens is 325 g/mol. The molecule has 23 heavy (non-hydrogen) atoms. The van der Waals surface area contributed by atoms with Gasteiger partial charge in [0.1, 0.15) is 5.52 Å². The average molecular weight is 342 g/mol. The van der Waals surface area contributed by atoms with E-state index in [0.717, 1.165) is 5.22 Å². The predicted molar refractivity (Wildman–Crippen MR) is 90.3 cm³/mol. The minimum atomic E-state index is -4.50. The maximum absolute atomic E-state index is 12.2. The highest BCUT2D eigenvalue weighted by Gasteiger charge is 2.32. The van der Waals surface area contributed by atoms with Crippen LogP contribution in [0.15, 0.2) is 37.6 Å². The van der Waals surface area contributed by atoms with E-state index in [-0.39, 0.29) is 5.88 Å². The number of aromatic nitrogens is 2. The molecule has 2 aromatic rings. The van der Waals surface area contributed by atoms with Crippen molar-refractivity contribution in [1.82, 2.24) is 9.97 Å². The molecule has 2 aromatic heterocycles. The van der Waals surface area contributed by atoms with Gasteiger partial charge < -0.3 is 9.17 Å². The van der Waals surface area contributed by atoms with Crippen molar-refractivity contribution in [2.75, 3.05) is 0 Å². The molecule has 124 valence electrons. The second-order valence-electron chi connectivity index (χ2n) is 3.91. The number of allylic oxidation sites excluding steroid dienone is 2. The van der Waals surface area contributed by atoms with Gasteiger partial charge in [-0.1, -0.05) is 45.2 Å². The summed E-state index contributed by atoms with van der Waals surface area (Å²) in [5.41, 5.74) is -4.11. The van der Waals surface area contributed by atoms with Crippen LogP contribution in [0.1, 0.15) is 13.8 Å². The van der Waals surface area contributed by atoms with Gasteiger partial charge in [-0.05, 0) is 12.1 Å². The van der Waals surface area contributed by atoms with Gasteiger partial charge in [0.15, 0.2) is 12.0 Å². The van der Waals surface area contributed by atoms with Gasteiger partial charge in [0, 0.05) is 22.2 Å². The zero-order chi connectivity index (χ0) is 17.5. The molecule has 0 aliphatic carbocycles. The van der Waals surface area contributed by atoms with E-state index in [4.69, 9.17) is 0 Å². The number of alkyl halides is 3.